The van der Waals surface area contributed by atoms with Gasteiger partial charge in [0.05, 0.1) is 0 Å². The lowest BCUT2D eigenvalue weighted by atomic mass is 10.1. The molecule has 3 nitrogen and oxygen atoms in total. The summed E-state index contributed by atoms with van der Waals surface area (Å²) in [5, 5.41) is 0. The zero-order chi connectivity index (χ0) is 12.6. The molecule has 1 fully saturated rings. The van der Waals surface area contributed by atoms with Crippen LogP contribution < -0.4 is 0 Å². The maximum Gasteiger partial charge on any atom is 0.143 e. The Morgan fingerprint density at radius 2 is 1.88 bits per heavy atom. The summed E-state index contributed by atoms with van der Waals surface area (Å²) in [5.41, 5.74) is 1.06. The highest BCUT2D eigenvalue weighted by Gasteiger charge is 2.59. The quantitative estimate of drug-likeness (QED) is 0.469. The van der Waals surface area contributed by atoms with Crippen LogP contribution in [0.4, 0.5) is 0 Å². The van der Waals surface area contributed by atoms with Crippen molar-refractivity contribution in [2.75, 3.05) is 0 Å². The van der Waals surface area contributed by atoms with Crippen LogP contribution in [-0.4, -0.2) is 25.9 Å². The van der Waals surface area contributed by atoms with Gasteiger partial charge in [0, 0.05) is 11.4 Å². The van der Waals surface area contributed by atoms with Crippen LogP contribution in [-0.2, 0) is 16.2 Å². The van der Waals surface area contributed by atoms with Crippen molar-refractivity contribution in [3.8, 4) is 0 Å². The van der Waals surface area contributed by atoms with E-state index in [2.05, 4.69) is 0 Å². The molecule has 0 aliphatic carbocycles. The Kier molecular flexibility index (Phi) is 3.30. The second-order valence-corrected chi connectivity index (χ2v) is 7.35. The van der Waals surface area contributed by atoms with E-state index in [-0.39, 0.29) is 16.8 Å². The van der Waals surface area contributed by atoms with Crippen LogP contribution in [0.1, 0.15) is 32.4 Å². The molecule has 4 heteroatoms. The predicted octanol–water partition coefficient (Wildman–Crippen LogP) is 2.07. The molecule has 1 heterocycles. The van der Waals surface area contributed by atoms with Crippen molar-refractivity contribution in [3.05, 3.63) is 35.9 Å². The van der Waals surface area contributed by atoms with E-state index in [1.807, 2.05) is 51.1 Å². The van der Waals surface area contributed by atoms with E-state index in [1.54, 1.807) is 4.31 Å². The first-order valence-corrected chi connectivity index (χ1v) is 6.78. The molecule has 92 valence electrons. The monoisotopic (exact) mass is 251 g/mol. The van der Waals surface area contributed by atoms with Crippen LogP contribution in [0.25, 0.3) is 0 Å². The second-order valence-electron chi connectivity index (χ2n) is 5.20. The fourth-order valence-corrected chi connectivity index (χ4v) is 3.30. The van der Waals surface area contributed by atoms with Gasteiger partial charge < -0.3 is 9.35 Å². The molecule has 4 atom stereocenters. The maximum absolute atomic E-state index is 12.3. The summed E-state index contributed by atoms with van der Waals surface area (Å²) >= 11 is -1.14. The molecule has 2 rings (SSSR count). The lowest BCUT2D eigenvalue weighted by Crippen LogP contribution is -2.34. The molecular formula is C13H17NO2S. The number of nitrogens with zero attached hydrogens (tertiary/aromatic N) is 1. The number of benzene rings is 1. The van der Waals surface area contributed by atoms with Crippen molar-refractivity contribution in [1.82, 2.24) is 4.31 Å². The van der Waals surface area contributed by atoms with E-state index in [0.717, 1.165) is 11.8 Å². The molecule has 17 heavy (non-hydrogen) atoms. The molecule has 1 aromatic rings. The Balaban J connectivity index is 2.19. The number of rotatable bonds is 3. The Hall–Kier alpha value is -0.840. The number of carbonyl (C=O) groups excluding carboxylic acids is 1. The topological polar surface area (TPSA) is 43.1 Å². The molecule has 0 bridgehead atoms. The average molecular weight is 251 g/mol. The Bertz CT molecular complexity index is 402. The van der Waals surface area contributed by atoms with Crippen LogP contribution in [0.3, 0.4) is 0 Å². The van der Waals surface area contributed by atoms with E-state index >= 15 is 0 Å². The minimum Gasteiger partial charge on any atom is -0.597 e. The zero-order valence-electron chi connectivity index (χ0n) is 10.3. The largest absolute Gasteiger partial charge is 0.597 e. The van der Waals surface area contributed by atoms with Crippen molar-refractivity contribution in [2.24, 2.45) is 0 Å². The molecule has 0 radical (unpaired) electrons. The third-order valence-corrected chi connectivity index (χ3v) is 4.70. The van der Waals surface area contributed by atoms with Crippen molar-refractivity contribution in [3.63, 3.8) is 0 Å². The van der Waals surface area contributed by atoms with Gasteiger partial charge in [-0.05, 0) is 26.3 Å². The van der Waals surface area contributed by atoms with Gasteiger partial charge in [0.1, 0.15) is 23.1 Å². The van der Waals surface area contributed by atoms with Crippen LogP contribution in [0.5, 0.6) is 0 Å². The Labute approximate surface area is 105 Å². The van der Waals surface area contributed by atoms with Crippen molar-refractivity contribution in [1.29, 1.82) is 0 Å². The van der Waals surface area contributed by atoms with Crippen molar-refractivity contribution < 1.29 is 9.35 Å². The van der Waals surface area contributed by atoms with Crippen LogP contribution in [0.2, 0.25) is 0 Å². The summed E-state index contributed by atoms with van der Waals surface area (Å²) in [6, 6.07) is 9.50. The smallest absolute Gasteiger partial charge is 0.143 e. The number of carbonyl (C=O) groups is 1. The molecule has 0 aromatic heterocycles. The van der Waals surface area contributed by atoms with Gasteiger partial charge in [-0.3, -0.25) is 0 Å². The van der Waals surface area contributed by atoms with E-state index in [0.29, 0.717) is 0 Å². The third kappa shape index (κ3) is 2.39. The van der Waals surface area contributed by atoms with Gasteiger partial charge in [0.15, 0.2) is 0 Å². The molecule has 1 saturated heterocycles. The summed E-state index contributed by atoms with van der Waals surface area (Å²) in [6.07, 6.45) is 0.890. The highest BCUT2D eigenvalue weighted by molar-refractivity contribution is 7.90. The molecule has 1 aliphatic rings. The van der Waals surface area contributed by atoms with Crippen LogP contribution >= 0.6 is 0 Å². The molecular weight excluding hydrogens is 234 g/mol. The highest BCUT2D eigenvalue weighted by atomic mass is 32.2. The van der Waals surface area contributed by atoms with Gasteiger partial charge in [0.2, 0.25) is 0 Å². The maximum atomic E-state index is 12.3. The molecule has 1 aromatic carbocycles. The molecule has 0 saturated carbocycles. The minimum atomic E-state index is -1.14. The first-order chi connectivity index (χ1) is 7.96. The Morgan fingerprint density at radius 1 is 1.29 bits per heavy atom. The molecule has 1 aliphatic heterocycles. The van der Waals surface area contributed by atoms with Crippen LogP contribution in [0.15, 0.2) is 30.3 Å². The number of aldehydes is 1. The normalized spacial score (nSPS) is 29.8. The number of hydrogen-bond donors (Lipinski definition) is 0. The fourth-order valence-electron chi connectivity index (χ4n) is 1.89. The van der Waals surface area contributed by atoms with Gasteiger partial charge in [0.25, 0.3) is 0 Å². The van der Waals surface area contributed by atoms with E-state index < -0.39 is 11.4 Å². The zero-order valence-corrected chi connectivity index (χ0v) is 11.1. The average Bonchev–Trinajstić information content (AvgIpc) is 3.02. The first-order valence-electron chi connectivity index (χ1n) is 5.67. The van der Waals surface area contributed by atoms with Gasteiger partial charge in [-0.25, -0.2) is 0 Å². The van der Waals surface area contributed by atoms with Crippen molar-refractivity contribution >= 4 is 17.6 Å². The summed E-state index contributed by atoms with van der Waals surface area (Å²) in [6.45, 7) is 5.77. The van der Waals surface area contributed by atoms with E-state index in [9.17, 15) is 9.35 Å². The summed E-state index contributed by atoms with van der Waals surface area (Å²) < 4.78 is 13.7. The fraction of sp³-hybridized carbons (Fsp3) is 0.462. The SMILES string of the molecule is CC(C)(C)[S+]([O-])N1[C@H](C=O)[C@@H]1c1ccccc1. The first kappa shape index (κ1) is 12.6. The molecule has 0 amide bonds. The highest BCUT2D eigenvalue weighted by Crippen LogP contribution is 2.47. The summed E-state index contributed by atoms with van der Waals surface area (Å²) in [4.78, 5) is 11.0. The summed E-state index contributed by atoms with van der Waals surface area (Å²) in [5.74, 6) is 0. The number of hydrogen-bond acceptors (Lipinski definition) is 3. The van der Waals surface area contributed by atoms with Gasteiger partial charge in [-0.15, -0.1) is 4.31 Å². The van der Waals surface area contributed by atoms with Gasteiger partial charge in [-0.2, -0.15) is 0 Å². The molecule has 0 spiro atoms. The Morgan fingerprint density at radius 3 is 2.35 bits per heavy atom. The van der Waals surface area contributed by atoms with E-state index in [4.69, 9.17) is 0 Å². The van der Waals surface area contributed by atoms with Gasteiger partial charge >= 0.3 is 0 Å². The predicted molar refractivity (Wildman–Crippen MR) is 68.8 cm³/mol. The van der Waals surface area contributed by atoms with Gasteiger partial charge in [-0.1, -0.05) is 30.3 Å². The standard InChI is InChI=1S/C13H17NO2S/c1-13(2,3)17(16)14-11(9-15)12(14)10-7-5-4-6-8-10/h4-9,11-12H,1-3H3/t11-,12+,14?,17?/m1/s1. The second kappa shape index (κ2) is 4.44. The minimum absolute atomic E-state index is 0.0197. The summed E-state index contributed by atoms with van der Waals surface area (Å²) in [7, 11) is 0. The third-order valence-electron chi connectivity index (χ3n) is 2.80. The molecule has 2 unspecified atom stereocenters. The lowest BCUT2D eigenvalue weighted by molar-refractivity contribution is -0.107. The van der Waals surface area contributed by atoms with E-state index in [1.165, 1.54) is 0 Å². The van der Waals surface area contributed by atoms with Crippen LogP contribution in [0, 0.1) is 0 Å². The lowest BCUT2D eigenvalue weighted by Gasteiger charge is -2.24. The van der Waals surface area contributed by atoms with Crippen molar-refractivity contribution in [2.45, 2.75) is 37.6 Å². The molecule has 0 N–H and O–H groups in total.